The first kappa shape index (κ1) is 20.8. The van der Waals surface area contributed by atoms with Crippen LogP contribution in [-0.2, 0) is 6.42 Å². The molecule has 2 saturated carbocycles. The zero-order valence-corrected chi connectivity index (χ0v) is 19.8. The van der Waals surface area contributed by atoms with Gasteiger partial charge < -0.3 is 0 Å². The van der Waals surface area contributed by atoms with Crippen LogP contribution >= 0.6 is 0 Å². The molecule has 0 saturated heterocycles. The Morgan fingerprint density at radius 1 is 0.828 bits per heavy atom. The molecule has 0 unspecified atom stereocenters. The number of hydrogen-bond donors (Lipinski definition) is 0. The van der Waals surface area contributed by atoms with Crippen molar-refractivity contribution in [2.45, 2.75) is 96.2 Å². The van der Waals surface area contributed by atoms with E-state index in [4.69, 9.17) is 4.98 Å². The highest BCUT2D eigenvalue weighted by Crippen LogP contribution is 2.34. The summed E-state index contributed by atoms with van der Waals surface area (Å²) in [5, 5.41) is 1.57. The van der Waals surface area contributed by atoms with Gasteiger partial charge in [-0.15, -0.1) is 0 Å². The van der Waals surface area contributed by atoms with Crippen molar-refractivity contribution in [2.24, 2.45) is 5.92 Å². The Balaban J connectivity index is 1.59. The van der Waals surface area contributed by atoms with Gasteiger partial charge >= 0.3 is 0 Å². The fraction of sp³-hybridized carbons (Fsp3) is 0.593. The molecule has 1 heterocycles. The number of aromatic nitrogens is 1. The molecule has 1 aromatic carbocycles. The third-order valence-electron chi connectivity index (χ3n) is 7.31. The number of hydrogen-bond acceptors (Lipinski definition) is 1. The third kappa shape index (κ3) is 5.20. The molecule has 0 aliphatic heterocycles. The van der Waals surface area contributed by atoms with E-state index < -0.39 is 8.07 Å². The van der Waals surface area contributed by atoms with Crippen molar-refractivity contribution >= 4 is 13.3 Å². The highest BCUT2D eigenvalue weighted by Gasteiger charge is 2.24. The van der Waals surface area contributed by atoms with E-state index in [-0.39, 0.29) is 0 Å². The minimum Gasteiger partial charge on any atom is -0.256 e. The second-order valence-corrected chi connectivity index (χ2v) is 15.7. The predicted molar refractivity (Wildman–Crippen MR) is 129 cm³/mol. The van der Waals surface area contributed by atoms with Crippen molar-refractivity contribution in [2.75, 3.05) is 0 Å². The lowest BCUT2D eigenvalue weighted by atomic mass is 9.83. The summed E-state index contributed by atoms with van der Waals surface area (Å²) in [5.41, 5.74) is 5.59. The largest absolute Gasteiger partial charge is 0.256 e. The van der Waals surface area contributed by atoms with Crippen LogP contribution in [0.2, 0.25) is 19.6 Å². The van der Waals surface area contributed by atoms with Crippen molar-refractivity contribution in [1.29, 1.82) is 0 Å². The maximum absolute atomic E-state index is 4.95. The van der Waals surface area contributed by atoms with E-state index in [0.717, 1.165) is 11.8 Å². The van der Waals surface area contributed by atoms with Gasteiger partial charge in [-0.1, -0.05) is 95.3 Å². The monoisotopic (exact) mass is 405 g/mol. The van der Waals surface area contributed by atoms with Crippen LogP contribution in [-0.4, -0.2) is 13.1 Å². The van der Waals surface area contributed by atoms with E-state index in [2.05, 4.69) is 56.2 Å². The zero-order chi connectivity index (χ0) is 20.3. The quantitative estimate of drug-likeness (QED) is 0.470. The Morgan fingerprint density at radius 2 is 1.45 bits per heavy atom. The minimum absolute atomic E-state index is 0.780. The van der Waals surface area contributed by atoms with Crippen LogP contribution in [0.3, 0.4) is 0 Å². The van der Waals surface area contributed by atoms with Crippen LogP contribution in [0, 0.1) is 5.92 Å². The average molecular weight is 406 g/mol. The van der Waals surface area contributed by atoms with Crippen LogP contribution in [0.1, 0.15) is 81.3 Å². The van der Waals surface area contributed by atoms with E-state index >= 15 is 0 Å². The summed E-state index contributed by atoms with van der Waals surface area (Å²) in [6.45, 7) is 7.40. The second-order valence-electron chi connectivity index (χ2n) is 10.6. The van der Waals surface area contributed by atoms with E-state index in [0.29, 0.717) is 0 Å². The molecule has 2 aliphatic carbocycles. The first-order valence-electron chi connectivity index (χ1n) is 12.1. The molecule has 1 nitrogen and oxygen atoms in total. The first-order chi connectivity index (χ1) is 14.0. The van der Waals surface area contributed by atoms with E-state index in [1.807, 2.05) is 0 Å². The molecule has 156 valence electrons. The van der Waals surface area contributed by atoms with E-state index in [1.54, 1.807) is 10.8 Å². The van der Waals surface area contributed by atoms with Gasteiger partial charge in [0.05, 0.1) is 13.8 Å². The molecule has 0 N–H and O–H groups in total. The number of pyridine rings is 1. The lowest BCUT2D eigenvalue weighted by Gasteiger charge is -2.26. The highest BCUT2D eigenvalue weighted by molar-refractivity contribution is 6.89. The molecule has 0 bridgehead atoms. The van der Waals surface area contributed by atoms with Crippen molar-refractivity contribution in [3.05, 3.63) is 47.7 Å². The lowest BCUT2D eigenvalue weighted by Crippen LogP contribution is -2.41. The third-order valence-corrected chi connectivity index (χ3v) is 9.38. The standard InChI is InChI=1S/C27H39NSi/c1-29(2,3)27-20-28-26(19-25(27)18-21-10-6-4-7-11-21)24-16-14-23(15-17-24)22-12-8-5-9-13-22/h14-17,19-22H,4-13,18H2,1-3H3. The molecule has 2 fully saturated rings. The van der Waals surface area contributed by atoms with E-state index in [1.165, 1.54) is 87.4 Å². The van der Waals surface area contributed by atoms with Crippen LogP contribution in [0.4, 0.5) is 0 Å². The smallest absolute Gasteiger partial charge is 0.0799 e. The molecule has 1 aromatic heterocycles. The van der Waals surface area contributed by atoms with Crippen LogP contribution in [0.5, 0.6) is 0 Å². The normalized spacial score (nSPS) is 19.4. The summed E-state index contributed by atoms with van der Waals surface area (Å²) < 4.78 is 0. The maximum Gasteiger partial charge on any atom is 0.0799 e. The summed E-state index contributed by atoms with van der Waals surface area (Å²) in [6.07, 6.45) is 17.6. The molecule has 0 spiro atoms. The zero-order valence-electron chi connectivity index (χ0n) is 18.8. The van der Waals surface area contributed by atoms with Crippen molar-refractivity contribution in [1.82, 2.24) is 4.98 Å². The molecule has 2 aliphatic rings. The van der Waals surface area contributed by atoms with Gasteiger partial charge in [0.2, 0.25) is 0 Å². The maximum atomic E-state index is 4.95. The van der Waals surface area contributed by atoms with Gasteiger partial charge in [-0.25, -0.2) is 0 Å². The molecule has 29 heavy (non-hydrogen) atoms. The molecule has 0 radical (unpaired) electrons. The van der Waals surface area contributed by atoms with Gasteiger partial charge in [0.15, 0.2) is 0 Å². The molecule has 0 atom stereocenters. The minimum atomic E-state index is -1.38. The Labute approximate surface area is 179 Å². The summed E-state index contributed by atoms with van der Waals surface area (Å²) in [4.78, 5) is 4.95. The molecular weight excluding hydrogens is 366 g/mol. The summed E-state index contributed by atoms with van der Waals surface area (Å²) in [7, 11) is -1.38. The van der Waals surface area contributed by atoms with Gasteiger partial charge in [0, 0.05) is 11.8 Å². The van der Waals surface area contributed by atoms with Crippen LogP contribution in [0.15, 0.2) is 36.5 Å². The fourth-order valence-corrected chi connectivity index (χ4v) is 7.15. The Kier molecular flexibility index (Phi) is 6.59. The SMILES string of the molecule is C[Si](C)(C)c1cnc(-c2ccc(C3CCCCC3)cc2)cc1CC1CCCCC1. The van der Waals surface area contributed by atoms with Crippen molar-refractivity contribution in [3.63, 3.8) is 0 Å². The number of benzene rings is 1. The predicted octanol–water partition coefficient (Wildman–Crippen LogP) is 7.46. The van der Waals surface area contributed by atoms with Crippen molar-refractivity contribution in [3.8, 4) is 11.3 Å². The molecule has 4 rings (SSSR count). The molecule has 2 aromatic rings. The second kappa shape index (κ2) is 9.16. The topological polar surface area (TPSA) is 12.9 Å². The Morgan fingerprint density at radius 3 is 2.07 bits per heavy atom. The summed E-state index contributed by atoms with van der Waals surface area (Å²) in [6, 6.07) is 11.8. The number of rotatable bonds is 5. The van der Waals surface area contributed by atoms with Gasteiger partial charge in [-0.3, -0.25) is 4.98 Å². The number of nitrogens with zero attached hydrogens (tertiary/aromatic N) is 1. The lowest BCUT2D eigenvalue weighted by molar-refractivity contribution is 0.357. The van der Waals surface area contributed by atoms with Gasteiger partial charge in [0.1, 0.15) is 0 Å². The Bertz CT molecular complexity index is 790. The molecular formula is C27H39NSi. The van der Waals surface area contributed by atoms with Crippen molar-refractivity contribution < 1.29 is 0 Å². The molecule has 0 amide bonds. The Hall–Kier alpha value is -1.41. The first-order valence-corrected chi connectivity index (χ1v) is 15.6. The fourth-order valence-electron chi connectivity index (χ4n) is 5.56. The average Bonchev–Trinajstić information content (AvgIpc) is 2.74. The van der Waals surface area contributed by atoms with Gasteiger partial charge in [0.25, 0.3) is 0 Å². The van der Waals surface area contributed by atoms with Gasteiger partial charge in [-0.05, 0) is 53.5 Å². The van der Waals surface area contributed by atoms with Crippen LogP contribution < -0.4 is 5.19 Å². The molecule has 2 heteroatoms. The van der Waals surface area contributed by atoms with Gasteiger partial charge in [-0.2, -0.15) is 0 Å². The summed E-state index contributed by atoms with van der Waals surface area (Å²) in [5.74, 6) is 1.66. The highest BCUT2D eigenvalue weighted by atomic mass is 28.3. The van der Waals surface area contributed by atoms with Crippen LogP contribution in [0.25, 0.3) is 11.3 Å². The summed E-state index contributed by atoms with van der Waals surface area (Å²) >= 11 is 0. The van der Waals surface area contributed by atoms with E-state index in [9.17, 15) is 0 Å².